The van der Waals surface area contributed by atoms with E-state index >= 15 is 0 Å². The highest BCUT2D eigenvalue weighted by molar-refractivity contribution is 7.89. The molecule has 4 heteroatoms. The first-order valence-electron chi connectivity index (χ1n) is 7.50. The third-order valence-electron chi connectivity index (χ3n) is 3.78. The summed E-state index contributed by atoms with van der Waals surface area (Å²) in [6, 6.07) is 19.0. The standard InChI is InChI=1S/C19H19NO2S/c1-14-9-15(2)11-16(10-14)13-20-23(21,22)19-8-7-17-5-3-4-6-18(17)12-19/h3-12,20H,13H2,1-2H3. The van der Waals surface area contributed by atoms with Gasteiger partial charge < -0.3 is 0 Å². The Morgan fingerprint density at radius 2 is 1.48 bits per heavy atom. The predicted octanol–water partition coefficient (Wildman–Crippen LogP) is 3.94. The van der Waals surface area contributed by atoms with Crippen molar-refractivity contribution < 1.29 is 8.42 Å². The molecular formula is C19H19NO2S. The van der Waals surface area contributed by atoms with Crippen LogP contribution in [-0.2, 0) is 16.6 Å². The van der Waals surface area contributed by atoms with Crippen molar-refractivity contribution in [1.82, 2.24) is 4.72 Å². The predicted molar refractivity (Wildman–Crippen MR) is 93.9 cm³/mol. The van der Waals surface area contributed by atoms with Crippen molar-refractivity contribution in [3.63, 3.8) is 0 Å². The lowest BCUT2D eigenvalue weighted by molar-refractivity contribution is 0.581. The van der Waals surface area contributed by atoms with E-state index in [0.29, 0.717) is 4.90 Å². The summed E-state index contributed by atoms with van der Waals surface area (Å²) in [5.41, 5.74) is 3.22. The van der Waals surface area contributed by atoms with Crippen LogP contribution in [0.15, 0.2) is 65.6 Å². The Balaban J connectivity index is 1.85. The van der Waals surface area contributed by atoms with Crippen LogP contribution in [0.1, 0.15) is 16.7 Å². The maximum atomic E-state index is 12.5. The summed E-state index contributed by atoms with van der Waals surface area (Å²) < 4.78 is 27.7. The van der Waals surface area contributed by atoms with Crippen LogP contribution >= 0.6 is 0 Å². The molecule has 0 saturated heterocycles. The van der Waals surface area contributed by atoms with Gasteiger partial charge in [-0.1, -0.05) is 59.7 Å². The smallest absolute Gasteiger partial charge is 0.207 e. The lowest BCUT2D eigenvalue weighted by Gasteiger charge is -2.09. The molecule has 0 atom stereocenters. The Morgan fingerprint density at radius 1 is 0.826 bits per heavy atom. The fraction of sp³-hybridized carbons (Fsp3) is 0.158. The molecule has 0 aliphatic heterocycles. The fourth-order valence-corrected chi connectivity index (χ4v) is 3.82. The molecule has 3 aromatic rings. The van der Waals surface area contributed by atoms with Crippen molar-refractivity contribution in [1.29, 1.82) is 0 Å². The molecule has 0 fully saturated rings. The summed E-state index contributed by atoms with van der Waals surface area (Å²) in [5, 5.41) is 1.95. The minimum absolute atomic E-state index is 0.289. The average Bonchev–Trinajstić information content (AvgIpc) is 2.52. The third kappa shape index (κ3) is 3.60. The van der Waals surface area contributed by atoms with Crippen molar-refractivity contribution in [3.8, 4) is 0 Å². The molecule has 118 valence electrons. The van der Waals surface area contributed by atoms with Gasteiger partial charge in [0.25, 0.3) is 0 Å². The minimum atomic E-state index is -3.53. The van der Waals surface area contributed by atoms with Crippen LogP contribution in [0, 0.1) is 13.8 Å². The van der Waals surface area contributed by atoms with Gasteiger partial charge in [0.2, 0.25) is 10.0 Å². The van der Waals surface area contributed by atoms with Crippen LogP contribution < -0.4 is 4.72 Å². The molecule has 0 amide bonds. The minimum Gasteiger partial charge on any atom is -0.207 e. The molecule has 1 N–H and O–H groups in total. The second kappa shape index (κ2) is 6.14. The summed E-state index contributed by atoms with van der Waals surface area (Å²) in [6.07, 6.45) is 0. The monoisotopic (exact) mass is 325 g/mol. The first-order chi connectivity index (χ1) is 10.9. The van der Waals surface area contributed by atoms with E-state index < -0.39 is 10.0 Å². The van der Waals surface area contributed by atoms with Crippen molar-refractivity contribution in [3.05, 3.63) is 77.4 Å². The molecule has 23 heavy (non-hydrogen) atoms. The average molecular weight is 325 g/mol. The zero-order valence-corrected chi connectivity index (χ0v) is 14.0. The van der Waals surface area contributed by atoms with Gasteiger partial charge in [0.15, 0.2) is 0 Å². The van der Waals surface area contributed by atoms with Gasteiger partial charge in [-0.3, -0.25) is 0 Å². The summed E-state index contributed by atoms with van der Waals surface area (Å²) in [5.74, 6) is 0. The van der Waals surface area contributed by atoms with Crippen molar-refractivity contribution >= 4 is 20.8 Å². The maximum absolute atomic E-state index is 12.5. The lowest BCUT2D eigenvalue weighted by atomic mass is 10.1. The van der Waals surface area contributed by atoms with E-state index in [9.17, 15) is 8.42 Å². The molecule has 0 aliphatic rings. The third-order valence-corrected chi connectivity index (χ3v) is 5.18. The number of hydrogen-bond donors (Lipinski definition) is 1. The molecule has 3 rings (SSSR count). The number of sulfonamides is 1. The quantitative estimate of drug-likeness (QED) is 0.790. The summed E-state index contributed by atoms with van der Waals surface area (Å²) in [4.78, 5) is 0.292. The maximum Gasteiger partial charge on any atom is 0.240 e. The summed E-state index contributed by atoms with van der Waals surface area (Å²) in [7, 11) is -3.53. The Bertz CT molecular complexity index is 942. The SMILES string of the molecule is Cc1cc(C)cc(CNS(=O)(=O)c2ccc3ccccc3c2)c1. The van der Waals surface area contributed by atoms with Gasteiger partial charge in [-0.25, -0.2) is 13.1 Å². The Kier molecular flexibility index (Phi) is 4.20. The highest BCUT2D eigenvalue weighted by atomic mass is 32.2. The number of nitrogens with one attached hydrogen (secondary N) is 1. The lowest BCUT2D eigenvalue weighted by Crippen LogP contribution is -2.23. The van der Waals surface area contributed by atoms with E-state index in [1.165, 1.54) is 0 Å². The first-order valence-corrected chi connectivity index (χ1v) is 8.98. The molecule has 0 saturated carbocycles. The molecule has 0 aliphatic carbocycles. The second-order valence-electron chi connectivity index (χ2n) is 5.83. The van der Waals surface area contributed by atoms with E-state index in [4.69, 9.17) is 0 Å². The molecule has 3 aromatic carbocycles. The number of rotatable bonds is 4. The second-order valence-corrected chi connectivity index (χ2v) is 7.60. The zero-order chi connectivity index (χ0) is 16.4. The highest BCUT2D eigenvalue weighted by Crippen LogP contribution is 2.19. The number of fused-ring (bicyclic) bond motifs is 1. The molecule has 0 aromatic heterocycles. The topological polar surface area (TPSA) is 46.2 Å². The number of benzene rings is 3. The van der Waals surface area contributed by atoms with Crippen LogP contribution in [0.3, 0.4) is 0 Å². The molecule has 0 bridgehead atoms. The van der Waals surface area contributed by atoms with Crippen molar-refractivity contribution in [2.75, 3.05) is 0 Å². The molecule has 0 radical (unpaired) electrons. The van der Waals surface area contributed by atoms with Crippen molar-refractivity contribution in [2.45, 2.75) is 25.3 Å². The van der Waals surface area contributed by atoms with Crippen LogP contribution in [0.2, 0.25) is 0 Å². The van der Waals surface area contributed by atoms with E-state index in [2.05, 4.69) is 10.8 Å². The molecule has 3 nitrogen and oxygen atoms in total. The van der Waals surface area contributed by atoms with Gasteiger partial charge in [0.05, 0.1) is 4.90 Å². The zero-order valence-electron chi connectivity index (χ0n) is 13.2. The van der Waals surface area contributed by atoms with Crippen molar-refractivity contribution in [2.24, 2.45) is 0 Å². The fourth-order valence-electron chi connectivity index (χ4n) is 2.77. The summed E-state index contributed by atoms with van der Waals surface area (Å²) >= 11 is 0. The van der Waals surface area contributed by atoms with Crippen LogP contribution in [0.25, 0.3) is 10.8 Å². The molecule has 0 spiro atoms. The van der Waals surface area contributed by atoms with E-state index in [-0.39, 0.29) is 6.54 Å². The largest absolute Gasteiger partial charge is 0.240 e. The molecular weight excluding hydrogens is 306 g/mol. The Hall–Kier alpha value is -2.17. The molecule has 0 unspecified atom stereocenters. The normalized spacial score (nSPS) is 11.7. The van der Waals surface area contributed by atoms with Crippen LogP contribution in [-0.4, -0.2) is 8.42 Å². The van der Waals surface area contributed by atoms with Gasteiger partial charge in [-0.05, 0) is 42.3 Å². The van der Waals surface area contributed by atoms with Crippen LogP contribution in [0.4, 0.5) is 0 Å². The Labute approximate surface area is 137 Å². The van der Waals surface area contributed by atoms with Gasteiger partial charge in [-0.2, -0.15) is 0 Å². The van der Waals surface area contributed by atoms with E-state index in [0.717, 1.165) is 27.5 Å². The van der Waals surface area contributed by atoms with Gasteiger partial charge in [0.1, 0.15) is 0 Å². The van der Waals surface area contributed by atoms with Gasteiger partial charge >= 0.3 is 0 Å². The number of aryl methyl sites for hydroxylation is 2. The van der Waals surface area contributed by atoms with Gasteiger partial charge in [0, 0.05) is 6.54 Å². The number of hydrogen-bond acceptors (Lipinski definition) is 2. The highest BCUT2D eigenvalue weighted by Gasteiger charge is 2.14. The van der Waals surface area contributed by atoms with E-state index in [1.54, 1.807) is 12.1 Å². The first kappa shape index (κ1) is 15.7. The Morgan fingerprint density at radius 3 is 2.17 bits per heavy atom. The van der Waals surface area contributed by atoms with E-state index in [1.807, 2.05) is 56.3 Å². The summed E-state index contributed by atoms with van der Waals surface area (Å²) in [6.45, 7) is 4.31. The van der Waals surface area contributed by atoms with Gasteiger partial charge in [-0.15, -0.1) is 0 Å². The molecule has 0 heterocycles. The van der Waals surface area contributed by atoms with Crippen LogP contribution in [0.5, 0.6) is 0 Å².